The predicted octanol–water partition coefficient (Wildman–Crippen LogP) is 5.41. The second kappa shape index (κ2) is 10.8. The summed E-state index contributed by atoms with van der Waals surface area (Å²) in [5.74, 6) is 0.833. The minimum atomic E-state index is -0.0591. The number of rotatable bonds is 8. The van der Waals surface area contributed by atoms with Gasteiger partial charge in [0.2, 0.25) is 5.91 Å². The molecular weight excluding hydrogens is 474 g/mol. The molecule has 0 bridgehead atoms. The van der Waals surface area contributed by atoms with Crippen molar-refractivity contribution in [1.82, 2.24) is 14.9 Å². The number of hydrogen-bond donors (Lipinski definition) is 1. The largest absolute Gasteiger partial charge is 0.355 e. The Labute approximate surface area is 213 Å². The number of fused-ring (bicyclic) bond motifs is 3. The van der Waals surface area contributed by atoms with E-state index in [-0.39, 0.29) is 17.2 Å². The molecule has 0 saturated heterocycles. The Hall–Kier alpha value is -2.90. The van der Waals surface area contributed by atoms with Crippen molar-refractivity contribution in [1.29, 1.82) is 0 Å². The second-order valence-electron chi connectivity index (χ2n) is 8.95. The number of benzene rings is 2. The van der Waals surface area contributed by atoms with Crippen LogP contribution in [-0.2, 0) is 24.1 Å². The number of para-hydroxylation sites is 1. The van der Waals surface area contributed by atoms with E-state index < -0.39 is 0 Å². The van der Waals surface area contributed by atoms with Gasteiger partial charge in [-0.25, -0.2) is 4.98 Å². The predicted molar refractivity (Wildman–Crippen MR) is 145 cm³/mol. The third-order valence-corrected chi connectivity index (χ3v) is 8.74. The van der Waals surface area contributed by atoms with Crippen LogP contribution in [0.5, 0.6) is 0 Å². The normalized spacial score (nSPS) is 15.2. The average Bonchev–Trinajstić information content (AvgIpc) is 3.26. The summed E-state index contributed by atoms with van der Waals surface area (Å²) in [5, 5.41) is 4.32. The summed E-state index contributed by atoms with van der Waals surface area (Å²) in [7, 11) is 0. The fraction of sp³-hybridized carbons (Fsp3) is 0.321. The van der Waals surface area contributed by atoms with E-state index in [4.69, 9.17) is 4.98 Å². The van der Waals surface area contributed by atoms with Crippen molar-refractivity contribution in [3.8, 4) is 5.69 Å². The molecule has 180 valence electrons. The van der Waals surface area contributed by atoms with Crippen molar-refractivity contribution in [2.75, 3.05) is 12.3 Å². The third-order valence-electron chi connectivity index (χ3n) is 6.66. The SMILES string of the molecule is CC[C@H]1CCc2c(sc3nc(SCC(=O)NCCc4ccccc4)n(-c4ccccc4)c(=O)c23)C1. The van der Waals surface area contributed by atoms with Crippen LogP contribution in [0.1, 0.15) is 35.8 Å². The molecule has 1 aliphatic rings. The summed E-state index contributed by atoms with van der Waals surface area (Å²) in [6.07, 6.45) is 5.05. The molecule has 1 amide bonds. The van der Waals surface area contributed by atoms with Gasteiger partial charge in [-0.05, 0) is 54.9 Å². The Kier molecular flexibility index (Phi) is 7.35. The maximum absolute atomic E-state index is 13.8. The van der Waals surface area contributed by atoms with E-state index in [0.717, 1.165) is 48.0 Å². The van der Waals surface area contributed by atoms with Crippen LogP contribution in [0, 0.1) is 5.92 Å². The lowest BCUT2D eigenvalue weighted by Gasteiger charge is -2.20. The lowest BCUT2D eigenvalue weighted by Crippen LogP contribution is -2.28. The molecule has 35 heavy (non-hydrogen) atoms. The highest BCUT2D eigenvalue weighted by atomic mass is 32.2. The fourth-order valence-electron chi connectivity index (χ4n) is 4.70. The van der Waals surface area contributed by atoms with Crippen LogP contribution in [0.25, 0.3) is 15.9 Å². The first-order chi connectivity index (χ1) is 17.1. The standard InChI is InChI=1S/C28H29N3O2S2/c1-2-19-13-14-22-23(17-19)35-26-25(22)27(33)31(21-11-7-4-8-12-21)28(30-26)34-18-24(32)29-16-15-20-9-5-3-6-10-20/h3-12,19H,2,13-18H2,1H3,(H,29,32)/t19-/m0/s1. The van der Waals surface area contributed by atoms with Gasteiger partial charge in [0.15, 0.2) is 5.16 Å². The van der Waals surface area contributed by atoms with Gasteiger partial charge in [-0.3, -0.25) is 14.2 Å². The first kappa shape index (κ1) is 23.8. The van der Waals surface area contributed by atoms with Crippen LogP contribution in [0.2, 0.25) is 0 Å². The quantitative estimate of drug-likeness (QED) is 0.258. The number of carbonyl (C=O) groups is 1. The summed E-state index contributed by atoms with van der Waals surface area (Å²) < 4.78 is 1.68. The molecule has 1 N–H and O–H groups in total. The molecule has 1 atom stereocenters. The number of thiophene rings is 1. The zero-order chi connectivity index (χ0) is 24.2. The highest BCUT2D eigenvalue weighted by molar-refractivity contribution is 7.99. The summed E-state index contributed by atoms with van der Waals surface area (Å²) in [4.78, 5) is 33.5. The molecule has 2 aromatic heterocycles. The number of nitrogens with zero attached hydrogens (tertiary/aromatic N) is 2. The summed E-state index contributed by atoms with van der Waals surface area (Å²) in [6, 6.07) is 19.7. The van der Waals surface area contributed by atoms with Crippen molar-refractivity contribution in [3.05, 3.63) is 87.0 Å². The van der Waals surface area contributed by atoms with E-state index in [1.165, 1.54) is 27.8 Å². The van der Waals surface area contributed by atoms with Gasteiger partial charge >= 0.3 is 0 Å². The zero-order valence-electron chi connectivity index (χ0n) is 19.8. The zero-order valence-corrected chi connectivity index (χ0v) is 21.5. The highest BCUT2D eigenvalue weighted by Gasteiger charge is 2.26. The lowest BCUT2D eigenvalue weighted by atomic mass is 9.86. The van der Waals surface area contributed by atoms with Crippen LogP contribution in [-0.4, -0.2) is 27.8 Å². The summed E-state index contributed by atoms with van der Waals surface area (Å²) in [6.45, 7) is 2.82. The van der Waals surface area contributed by atoms with E-state index in [9.17, 15) is 9.59 Å². The smallest absolute Gasteiger partial charge is 0.267 e. The van der Waals surface area contributed by atoms with E-state index in [2.05, 4.69) is 24.4 Å². The maximum atomic E-state index is 13.8. The molecule has 5 rings (SSSR count). The van der Waals surface area contributed by atoms with E-state index >= 15 is 0 Å². The van der Waals surface area contributed by atoms with E-state index in [1.54, 1.807) is 15.9 Å². The van der Waals surface area contributed by atoms with Gasteiger partial charge in [0.25, 0.3) is 5.56 Å². The van der Waals surface area contributed by atoms with Crippen molar-refractivity contribution in [3.63, 3.8) is 0 Å². The second-order valence-corrected chi connectivity index (χ2v) is 11.0. The molecule has 5 nitrogen and oxygen atoms in total. The molecule has 0 saturated carbocycles. The molecule has 7 heteroatoms. The Morgan fingerprint density at radius 1 is 1.14 bits per heavy atom. The minimum absolute atomic E-state index is 0.0272. The van der Waals surface area contributed by atoms with Gasteiger partial charge in [0.1, 0.15) is 4.83 Å². The Balaban J connectivity index is 1.40. The van der Waals surface area contributed by atoms with Gasteiger partial charge in [-0.1, -0.05) is 73.6 Å². The van der Waals surface area contributed by atoms with E-state index in [1.807, 2.05) is 48.5 Å². The number of amides is 1. The van der Waals surface area contributed by atoms with Crippen LogP contribution >= 0.6 is 23.1 Å². The molecule has 1 aliphatic carbocycles. The van der Waals surface area contributed by atoms with Crippen molar-refractivity contribution < 1.29 is 4.79 Å². The molecule has 0 spiro atoms. The fourth-order valence-corrected chi connectivity index (χ4v) is 6.91. The molecule has 0 aliphatic heterocycles. The number of aromatic nitrogens is 2. The number of hydrogen-bond acceptors (Lipinski definition) is 5. The number of aryl methyl sites for hydroxylation is 1. The van der Waals surface area contributed by atoms with Gasteiger partial charge in [-0.2, -0.15) is 0 Å². The van der Waals surface area contributed by atoms with Gasteiger partial charge in [0, 0.05) is 11.4 Å². The van der Waals surface area contributed by atoms with Crippen LogP contribution < -0.4 is 10.9 Å². The highest BCUT2D eigenvalue weighted by Crippen LogP contribution is 2.37. The first-order valence-corrected chi connectivity index (χ1v) is 14.0. The number of nitrogens with one attached hydrogen (secondary N) is 1. The Morgan fingerprint density at radius 3 is 2.63 bits per heavy atom. The first-order valence-electron chi connectivity index (χ1n) is 12.2. The molecular formula is C28H29N3O2S2. The number of carbonyl (C=O) groups excluding carboxylic acids is 1. The monoisotopic (exact) mass is 503 g/mol. The van der Waals surface area contributed by atoms with Crippen LogP contribution in [0.3, 0.4) is 0 Å². The van der Waals surface area contributed by atoms with Crippen LogP contribution in [0.15, 0.2) is 70.6 Å². The van der Waals surface area contributed by atoms with Crippen LogP contribution in [0.4, 0.5) is 0 Å². The topological polar surface area (TPSA) is 64.0 Å². The average molecular weight is 504 g/mol. The lowest BCUT2D eigenvalue weighted by molar-refractivity contribution is -0.118. The molecule has 4 aromatic rings. The molecule has 0 unspecified atom stereocenters. The maximum Gasteiger partial charge on any atom is 0.267 e. The molecule has 2 heterocycles. The van der Waals surface area contributed by atoms with Crippen molar-refractivity contribution in [2.45, 2.75) is 44.2 Å². The molecule has 0 radical (unpaired) electrons. The van der Waals surface area contributed by atoms with Crippen molar-refractivity contribution >= 4 is 39.2 Å². The minimum Gasteiger partial charge on any atom is -0.355 e. The van der Waals surface area contributed by atoms with Gasteiger partial charge < -0.3 is 5.32 Å². The van der Waals surface area contributed by atoms with E-state index in [0.29, 0.717) is 17.6 Å². The molecule has 0 fully saturated rings. The summed E-state index contributed by atoms with van der Waals surface area (Å²) in [5.41, 5.74) is 3.13. The van der Waals surface area contributed by atoms with Gasteiger partial charge in [0.05, 0.1) is 16.8 Å². The Morgan fingerprint density at radius 2 is 1.89 bits per heavy atom. The van der Waals surface area contributed by atoms with Crippen molar-refractivity contribution in [2.24, 2.45) is 5.92 Å². The third kappa shape index (κ3) is 5.21. The summed E-state index contributed by atoms with van der Waals surface area (Å²) >= 11 is 2.98. The number of thioether (sulfide) groups is 1. The Bertz CT molecular complexity index is 1380. The molecule has 2 aromatic carbocycles. The van der Waals surface area contributed by atoms with Gasteiger partial charge in [-0.15, -0.1) is 11.3 Å².